The third-order valence-corrected chi connectivity index (χ3v) is 5.06. The summed E-state index contributed by atoms with van der Waals surface area (Å²) in [5.41, 5.74) is 8.03. The minimum atomic E-state index is -1.54. The first-order chi connectivity index (χ1) is 15.4. The van der Waals surface area contributed by atoms with Crippen molar-refractivity contribution < 1.29 is 24.0 Å². The maximum atomic E-state index is 11.8. The number of benzene rings is 2. The molecule has 0 aliphatic heterocycles. The quantitative estimate of drug-likeness (QED) is 0.323. The van der Waals surface area contributed by atoms with Crippen LogP contribution in [0.4, 0.5) is 5.82 Å². The van der Waals surface area contributed by atoms with E-state index in [0.29, 0.717) is 51.7 Å². The van der Waals surface area contributed by atoms with Crippen LogP contribution in [0.3, 0.4) is 0 Å². The SMILES string of the molecule is COc1cnc(-c2c(C)oc3c(C(N)=O)cccc23)nc1NCc1cccc(B(O)O)c1. The first kappa shape index (κ1) is 21.4. The molecule has 0 aliphatic carbocycles. The topological polar surface area (TPSA) is 144 Å². The molecule has 162 valence electrons. The van der Waals surface area contributed by atoms with Crippen LogP contribution in [0.5, 0.6) is 5.75 Å². The number of fused-ring (bicyclic) bond motifs is 1. The maximum absolute atomic E-state index is 11.8. The average molecular weight is 432 g/mol. The molecular weight excluding hydrogens is 411 g/mol. The van der Waals surface area contributed by atoms with Gasteiger partial charge >= 0.3 is 7.12 Å². The van der Waals surface area contributed by atoms with E-state index in [4.69, 9.17) is 14.9 Å². The van der Waals surface area contributed by atoms with E-state index >= 15 is 0 Å². The molecular formula is C22H21BN4O5. The fraction of sp³-hybridized carbons (Fsp3) is 0.136. The average Bonchev–Trinajstić information content (AvgIpc) is 3.13. The highest BCUT2D eigenvalue weighted by molar-refractivity contribution is 6.58. The lowest BCUT2D eigenvalue weighted by Gasteiger charge is -2.12. The second-order valence-corrected chi connectivity index (χ2v) is 7.16. The summed E-state index contributed by atoms with van der Waals surface area (Å²) in [5.74, 6) is 1.26. The van der Waals surface area contributed by atoms with Crippen molar-refractivity contribution in [3.05, 3.63) is 65.5 Å². The number of carbonyl (C=O) groups is 1. The number of nitrogens with one attached hydrogen (secondary N) is 1. The molecule has 4 aromatic rings. The van der Waals surface area contributed by atoms with Gasteiger partial charge in [0.2, 0.25) is 0 Å². The summed E-state index contributed by atoms with van der Waals surface area (Å²) < 4.78 is 11.2. The number of primary amides is 1. The lowest BCUT2D eigenvalue weighted by atomic mass is 9.80. The monoisotopic (exact) mass is 432 g/mol. The van der Waals surface area contributed by atoms with E-state index in [-0.39, 0.29) is 5.56 Å². The van der Waals surface area contributed by atoms with E-state index in [1.165, 1.54) is 7.11 Å². The zero-order valence-electron chi connectivity index (χ0n) is 17.5. The number of anilines is 1. The van der Waals surface area contributed by atoms with Crippen molar-refractivity contribution in [2.75, 3.05) is 12.4 Å². The zero-order valence-corrected chi connectivity index (χ0v) is 17.5. The summed E-state index contributed by atoms with van der Waals surface area (Å²) in [6, 6.07) is 12.1. The van der Waals surface area contributed by atoms with Crippen LogP contribution < -0.4 is 21.3 Å². The molecule has 5 N–H and O–H groups in total. The van der Waals surface area contributed by atoms with Crippen molar-refractivity contribution >= 4 is 35.3 Å². The molecule has 32 heavy (non-hydrogen) atoms. The van der Waals surface area contributed by atoms with Crippen LogP contribution in [0.1, 0.15) is 21.7 Å². The smallest absolute Gasteiger partial charge is 0.488 e. The first-order valence-corrected chi connectivity index (χ1v) is 9.81. The van der Waals surface area contributed by atoms with Crippen LogP contribution in [0.25, 0.3) is 22.4 Å². The van der Waals surface area contributed by atoms with E-state index in [1.54, 1.807) is 43.5 Å². The molecule has 9 nitrogen and oxygen atoms in total. The summed E-state index contributed by atoms with van der Waals surface area (Å²) in [7, 11) is -0.0259. The highest BCUT2D eigenvalue weighted by Gasteiger charge is 2.21. The van der Waals surface area contributed by atoms with Gasteiger partial charge in [0, 0.05) is 11.9 Å². The summed E-state index contributed by atoms with van der Waals surface area (Å²) >= 11 is 0. The number of para-hydroxylation sites is 1. The number of furan rings is 1. The number of carbonyl (C=O) groups excluding carboxylic acids is 1. The van der Waals surface area contributed by atoms with Crippen LogP contribution in [-0.2, 0) is 6.54 Å². The van der Waals surface area contributed by atoms with Crippen molar-refractivity contribution in [2.24, 2.45) is 5.73 Å². The standard InChI is InChI=1S/C22H21BN4O5/c1-12-18(15-7-4-8-16(20(24)28)19(15)32-12)22-26-11-17(31-2)21(27-22)25-10-13-5-3-6-14(9-13)23(29)30/h3-9,11,29-30H,10H2,1-2H3,(H2,24,28)(H,25,26,27). The number of aryl methyl sites for hydroxylation is 1. The van der Waals surface area contributed by atoms with Gasteiger partial charge in [-0.2, -0.15) is 0 Å². The Hall–Kier alpha value is -3.89. The molecule has 0 saturated heterocycles. The Balaban J connectivity index is 1.72. The highest BCUT2D eigenvalue weighted by Crippen LogP contribution is 2.35. The lowest BCUT2D eigenvalue weighted by Crippen LogP contribution is -2.30. The molecule has 4 rings (SSSR count). The normalized spacial score (nSPS) is 10.9. The second kappa shape index (κ2) is 8.70. The maximum Gasteiger partial charge on any atom is 0.488 e. The number of methoxy groups -OCH3 is 1. The fourth-order valence-electron chi connectivity index (χ4n) is 3.53. The predicted octanol–water partition coefficient (Wildman–Crippen LogP) is 1.60. The van der Waals surface area contributed by atoms with Crippen molar-refractivity contribution in [3.63, 3.8) is 0 Å². The summed E-state index contributed by atoms with van der Waals surface area (Å²) in [6.07, 6.45) is 1.55. The van der Waals surface area contributed by atoms with Crippen LogP contribution in [0.2, 0.25) is 0 Å². The molecule has 10 heteroatoms. The summed E-state index contributed by atoms with van der Waals surface area (Å²) in [4.78, 5) is 20.8. The van der Waals surface area contributed by atoms with E-state index in [1.807, 2.05) is 12.1 Å². The highest BCUT2D eigenvalue weighted by atomic mass is 16.5. The Morgan fingerprint density at radius 2 is 2.03 bits per heavy atom. The van der Waals surface area contributed by atoms with E-state index in [0.717, 1.165) is 5.56 Å². The number of rotatable bonds is 7. The molecule has 0 spiro atoms. The third-order valence-electron chi connectivity index (χ3n) is 5.06. The third kappa shape index (κ3) is 4.01. The lowest BCUT2D eigenvalue weighted by molar-refractivity contribution is 0.100. The van der Waals surface area contributed by atoms with Gasteiger partial charge in [-0.05, 0) is 24.0 Å². The van der Waals surface area contributed by atoms with Gasteiger partial charge in [0.25, 0.3) is 5.91 Å². The Labute approximate surface area is 184 Å². The molecule has 0 radical (unpaired) electrons. The van der Waals surface area contributed by atoms with Crippen LogP contribution in [0.15, 0.2) is 53.1 Å². The number of nitrogens with zero attached hydrogens (tertiary/aromatic N) is 2. The number of nitrogens with two attached hydrogens (primary N) is 1. The van der Waals surface area contributed by atoms with Gasteiger partial charge in [-0.15, -0.1) is 0 Å². The van der Waals surface area contributed by atoms with Gasteiger partial charge < -0.3 is 30.3 Å². The molecule has 0 aliphatic rings. The number of hydrogen-bond acceptors (Lipinski definition) is 8. The Kier molecular flexibility index (Phi) is 5.80. The molecule has 2 aromatic carbocycles. The van der Waals surface area contributed by atoms with Crippen molar-refractivity contribution in [3.8, 4) is 17.1 Å². The fourth-order valence-corrected chi connectivity index (χ4v) is 3.53. The number of aromatic nitrogens is 2. The van der Waals surface area contributed by atoms with Gasteiger partial charge in [-0.1, -0.05) is 36.4 Å². The van der Waals surface area contributed by atoms with Crippen molar-refractivity contribution in [1.29, 1.82) is 0 Å². The van der Waals surface area contributed by atoms with Gasteiger partial charge in [0.15, 0.2) is 17.4 Å². The molecule has 1 amide bonds. The molecule has 0 fully saturated rings. The molecule has 2 heterocycles. The van der Waals surface area contributed by atoms with Crippen molar-refractivity contribution in [2.45, 2.75) is 13.5 Å². The summed E-state index contributed by atoms with van der Waals surface area (Å²) in [5, 5.41) is 22.6. The largest absolute Gasteiger partial charge is 0.491 e. The van der Waals surface area contributed by atoms with E-state index < -0.39 is 13.0 Å². The number of amides is 1. The van der Waals surface area contributed by atoms with Crippen LogP contribution in [-0.4, -0.2) is 40.2 Å². The minimum absolute atomic E-state index is 0.287. The first-order valence-electron chi connectivity index (χ1n) is 9.81. The van der Waals surface area contributed by atoms with Crippen LogP contribution >= 0.6 is 0 Å². The minimum Gasteiger partial charge on any atom is -0.491 e. The Bertz CT molecular complexity index is 1300. The molecule has 0 bridgehead atoms. The number of hydrogen-bond donors (Lipinski definition) is 4. The van der Waals surface area contributed by atoms with E-state index in [2.05, 4.69) is 15.3 Å². The second-order valence-electron chi connectivity index (χ2n) is 7.16. The summed E-state index contributed by atoms with van der Waals surface area (Å²) in [6.45, 7) is 2.14. The van der Waals surface area contributed by atoms with Gasteiger partial charge in [-0.25, -0.2) is 9.97 Å². The van der Waals surface area contributed by atoms with Gasteiger partial charge in [0.05, 0.1) is 24.4 Å². The number of ether oxygens (including phenoxy) is 1. The Morgan fingerprint density at radius 1 is 1.25 bits per heavy atom. The van der Waals surface area contributed by atoms with Crippen LogP contribution in [0, 0.1) is 6.92 Å². The molecule has 0 atom stereocenters. The van der Waals surface area contributed by atoms with Gasteiger partial charge in [0.1, 0.15) is 11.3 Å². The molecule has 0 unspecified atom stereocenters. The van der Waals surface area contributed by atoms with Crippen molar-refractivity contribution in [1.82, 2.24) is 9.97 Å². The molecule has 2 aromatic heterocycles. The predicted molar refractivity (Wildman–Crippen MR) is 121 cm³/mol. The zero-order chi connectivity index (χ0) is 22.8. The van der Waals surface area contributed by atoms with E-state index in [9.17, 15) is 14.8 Å². The molecule has 0 saturated carbocycles. The van der Waals surface area contributed by atoms with Gasteiger partial charge in [-0.3, -0.25) is 4.79 Å². The Morgan fingerprint density at radius 3 is 2.75 bits per heavy atom.